The van der Waals surface area contributed by atoms with Crippen LogP contribution in [0.3, 0.4) is 0 Å². The molecule has 0 aliphatic carbocycles. The molecular formula is C17H16N4O3S. The minimum Gasteiger partial charge on any atom is -0.492 e. The van der Waals surface area contributed by atoms with Crippen molar-refractivity contribution in [3.05, 3.63) is 64.2 Å². The number of benzene rings is 1. The van der Waals surface area contributed by atoms with E-state index in [1.54, 1.807) is 23.5 Å². The number of primary amides is 1. The Morgan fingerprint density at radius 3 is 2.64 bits per heavy atom. The quantitative estimate of drug-likeness (QED) is 0.627. The van der Waals surface area contributed by atoms with Gasteiger partial charge in [-0.3, -0.25) is 9.59 Å². The highest BCUT2D eigenvalue weighted by Gasteiger charge is 2.15. The number of carbonyl (C=O) groups is 2. The summed E-state index contributed by atoms with van der Waals surface area (Å²) < 4.78 is 1.47. The van der Waals surface area contributed by atoms with E-state index < -0.39 is 5.91 Å². The summed E-state index contributed by atoms with van der Waals surface area (Å²) in [5.74, 6) is -1.21. The molecule has 8 heteroatoms. The van der Waals surface area contributed by atoms with Crippen LogP contribution in [-0.4, -0.2) is 26.5 Å². The van der Waals surface area contributed by atoms with Gasteiger partial charge >= 0.3 is 0 Å². The highest BCUT2D eigenvalue weighted by Crippen LogP contribution is 2.17. The summed E-state index contributed by atoms with van der Waals surface area (Å²) in [7, 11) is 0. The lowest BCUT2D eigenvalue weighted by Gasteiger charge is -2.08. The molecule has 128 valence electrons. The molecule has 2 aromatic heterocycles. The van der Waals surface area contributed by atoms with E-state index in [1.807, 2.05) is 29.6 Å². The van der Waals surface area contributed by atoms with Gasteiger partial charge in [-0.1, -0.05) is 18.2 Å². The number of anilines is 1. The first-order valence-corrected chi connectivity index (χ1v) is 8.36. The Morgan fingerprint density at radius 1 is 1.24 bits per heavy atom. The first-order valence-electron chi connectivity index (χ1n) is 7.48. The lowest BCUT2D eigenvalue weighted by molar-refractivity contribution is -0.115. The van der Waals surface area contributed by atoms with Crippen molar-refractivity contribution in [1.82, 2.24) is 9.55 Å². The first-order chi connectivity index (χ1) is 12.0. The molecular weight excluding hydrogens is 340 g/mol. The number of aromatic nitrogens is 2. The predicted molar refractivity (Wildman–Crippen MR) is 94.6 cm³/mol. The van der Waals surface area contributed by atoms with Crippen LogP contribution in [0.25, 0.3) is 0 Å². The van der Waals surface area contributed by atoms with E-state index in [0.29, 0.717) is 18.7 Å². The second-order valence-corrected chi connectivity index (χ2v) is 6.44. The maximum absolute atomic E-state index is 12.0. The molecule has 3 rings (SSSR count). The third kappa shape index (κ3) is 4.04. The van der Waals surface area contributed by atoms with Gasteiger partial charge in [-0.15, -0.1) is 11.3 Å². The summed E-state index contributed by atoms with van der Waals surface area (Å²) in [5, 5.41) is 14.3. The Morgan fingerprint density at radius 2 is 2.00 bits per heavy atom. The van der Waals surface area contributed by atoms with Crippen LogP contribution in [0.4, 0.5) is 5.69 Å². The number of rotatable bonds is 6. The van der Waals surface area contributed by atoms with Crippen molar-refractivity contribution in [2.75, 3.05) is 5.32 Å². The Kier molecular flexibility index (Phi) is 4.80. The SMILES string of the molecule is NC(=O)c1c(O)ncn1Cc1ccc(NC(=O)Cc2cccs2)cc1. The van der Waals surface area contributed by atoms with Crippen LogP contribution in [0.1, 0.15) is 20.9 Å². The summed E-state index contributed by atoms with van der Waals surface area (Å²) in [6.07, 6.45) is 1.70. The van der Waals surface area contributed by atoms with E-state index in [4.69, 9.17) is 5.73 Å². The number of aromatic hydroxyl groups is 1. The number of nitrogens with two attached hydrogens (primary N) is 1. The van der Waals surface area contributed by atoms with E-state index in [-0.39, 0.29) is 17.5 Å². The van der Waals surface area contributed by atoms with Crippen molar-refractivity contribution >= 4 is 28.8 Å². The third-order valence-electron chi connectivity index (χ3n) is 3.56. The zero-order valence-electron chi connectivity index (χ0n) is 13.2. The molecule has 0 bridgehead atoms. The highest BCUT2D eigenvalue weighted by atomic mass is 32.1. The average Bonchev–Trinajstić information content (AvgIpc) is 3.19. The van der Waals surface area contributed by atoms with Crippen molar-refractivity contribution in [2.45, 2.75) is 13.0 Å². The van der Waals surface area contributed by atoms with Gasteiger partial charge in [0.25, 0.3) is 5.91 Å². The van der Waals surface area contributed by atoms with Crippen LogP contribution in [0.5, 0.6) is 5.88 Å². The Labute approximate surface area is 147 Å². The van der Waals surface area contributed by atoms with Gasteiger partial charge in [-0.05, 0) is 29.1 Å². The number of nitrogens with zero attached hydrogens (tertiary/aromatic N) is 2. The van der Waals surface area contributed by atoms with Crippen molar-refractivity contribution in [3.63, 3.8) is 0 Å². The molecule has 0 saturated heterocycles. The van der Waals surface area contributed by atoms with Gasteiger partial charge in [-0.2, -0.15) is 0 Å². The van der Waals surface area contributed by atoms with Gasteiger partial charge in [0.1, 0.15) is 0 Å². The molecule has 25 heavy (non-hydrogen) atoms. The van der Waals surface area contributed by atoms with Gasteiger partial charge in [0, 0.05) is 17.1 Å². The largest absolute Gasteiger partial charge is 0.492 e. The molecule has 3 aromatic rings. The van der Waals surface area contributed by atoms with E-state index in [0.717, 1.165) is 10.4 Å². The number of nitrogens with one attached hydrogen (secondary N) is 1. The molecule has 0 atom stereocenters. The molecule has 2 amide bonds. The normalized spacial score (nSPS) is 10.6. The Bertz CT molecular complexity index is 885. The molecule has 2 heterocycles. The fraction of sp³-hybridized carbons (Fsp3) is 0.118. The predicted octanol–water partition coefficient (Wildman–Crippen LogP) is 1.98. The smallest absolute Gasteiger partial charge is 0.271 e. The van der Waals surface area contributed by atoms with E-state index in [1.165, 1.54) is 10.9 Å². The van der Waals surface area contributed by atoms with E-state index in [2.05, 4.69) is 10.3 Å². The molecule has 1 aromatic carbocycles. The summed E-state index contributed by atoms with van der Waals surface area (Å²) in [5.41, 5.74) is 6.77. The number of thiophene rings is 1. The standard InChI is InChI=1S/C17H16N4O3S/c18-16(23)15-17(24)19-10-21(15)9-11-3-5-12(6-4-11)20-14(22)8-13-2-1-7-25-13/h1-7,10,24H,8-9H2,(H2,18,23)(H,20,22). The fourth-order valence-corrected chi connectivity index (χ4v) is 3.11. The van der Waals surface area contributed by atoms with E-state index in [9.17, 15) is 14.7 Å². The molecule has 7 nitrogen and oxygen atoms in total. The summed E-state index contributed by atoms with van der Waals surface area (Å²) in [4.78, 5) is 28.0. The molecule has 0 aliphatic heterocycles. The molecule has 0 unspecified atom stereocenters. The Balaban J connectivity index is 1.64. The van der Waals surface area contributed by atoms with Gasteiger partial charge in [0.05, 0.1) is 12.7 Å². The zero-order chi connectivity index (χ0) is 17.8. The molecule has 0 spiro atoms. The number of hydrogen-bond acceptors (Lipinski definition) is 5. The second-order valence-electron chi connectivity index (χ2n) is 5.41. The summed E-state index contributed by atoms with van der Waals surface area (Å²) in [6, 6.07) is 11.0. The topological polar surface area (TPSA) is 110 Å². The summed E-state index contributed by atoms with van der Waals surface area (Å²) in [6.45, 7) is 0.329. The van der Waals surface area contributed by atoms with Crippen LogP contribution in [0, 0.1) is 0 Å². The number of amides is 2. The van der Waals surface area contributed by atoms with Crippen LogP contribution in [0.2, 0.25) is 0 Å². The second kappa shape index (κ2) is 7.18. The monoisotopic (exact) mass is 356 g/mol. The third-order valence-corrected chi connectivity index (χ3v) is 4.43. The van der Waals surface area contributed by atoms with E-state index >= 15 is 0 Å². The lowest BCUT2D eigenvalue weighted by Crippen LogP contribution is -2.17. The highest BCUT2D eigenvalue weighted by molar-refractivity contribution is 7.10. The average molecular weight is 356 g/mol. The van der Waals surface area contributed by atoms with Crippen molar-refractivity contribution in [3.8, 4) is 5.88 Å². The molecule has 0 radical (unpaired) electrons. The van der Waals surface area contributed by atoms with Crippen LogP contribution >= 0.6 is 11.3 Å². The fourth-order valence-electron chi connectivity index (χ4n) is 2.41. The molecule has 0 fully saturated rings. The van der Waals surface area contributed by atoms with Gasteiger partial charge < -0.3 is 20.7 Å². The number of imidazole rings is 1. The lowest BCUT2D eigenvalue weighted by atomic mass is 10.2. The van der Waals surface area contributed by atoms with Gasteiger partial charge in [0.2, 0.25) is 11.8 Å². The molecule has 4 N–H and O–H groups in total. The summed E-state index contributed by atoms with van der Waals surface area (Å²) >= 11 is 1.54. The number of carbonyl (C=O) groups excluding carboxylic acids is 2. The molecule has 0 aliphatic rings. The van der Waals surface area contributed by atoms with Crippen LogP contribution in [0.15, 0.2) is 48.1 Å². The molecule has 0 saturated carbocycles. The van der Waals surface area contributed by atoms with Crippen LogP contribution in [-0.2, 0) is 17.8 Å². The first kappa shape index (κ1) is 16.7. The zero-order valence-corrected chi connectivity index (χ0v) is 14.0. The van der Waals surface area contributed by atoms with Crippen molar-refractivity contribution in [1.29, 1.82) is 0 Å². The van der Waals surface area contributed by atoms with Gasteiger partial charge in [-0.25, -0.2) is 4.98 Å². The maximum Gasteiger partial charge on any atom is 0.271 e. The minimum atomic E-state index is -0.743. The number of hydrogen-bond donors (Lipinski definition) is 3. The van der Waals surface area contributed by atoms with Crippen LogP contribution < -0.4 is 11.1 Å². The maximum atomic E-state index is 12.0. The minimum absolute atomic E-state index is 0.0340. The van der Waals surface area contributed by atoms with Crippen molar-refractivity contribution in [2.24, 2.45) is 5.73 Å². The van der Waals surface area contributed by atoms with Gasteiger partial charge in [0.15, 0.2) is 5.69 Å². The Hall–Kier alpha value is -3.13. The van der Waals surface area contributed by atoms with Crippen molar-refractivity contribution < 1.29 is 14.7 Å².